The zero-order chi connectivity index (χ0) is 40.7. The van der Waals surface area contributed by atoms with Gasteiger partial charge in [0.1, 0.15) is 0 Å². The highest BCUT2D eigenvalue weighted by Gasteiger charge is 2.45. The molecule has 0 saturated carbocycles. The van der Waals surface area contributed by atoms with E-state index in [1.54, 1.807) is 0 Å². The molecule has 7 aromatic rings. The van der Waals surface area contributed by atoms with Crippen molar-refractivity contribution in [3.8, 4) is 22.3 Å². The Labute approximate surface area is 347 Å². The van der Waals surface area contributed by atoms with Crippen LogP contribution in [0.3, 0.4) is 0 Å². The summed E-state index contributed by atoms with van der Waals surface area (Å²) in [5, 5.41) is 0. The molecule has 2 nitrogen and oxygen atoms in total. The molecule has 7 aromatic carbocycles. The van der Waals surface area contributed by atoms with Gasteiger partial charge < -0.3 is 9.80 Å². The van der Waals surface area contributed by atoms with Crippen LogP contribution in [0.1, 0.15) is 84.6 Å². The molecule has 0 aliphatic carbocycles. The van der Waals surface area contributed by atoms with E-state index >= 15 is 0 Å². The zero-order valence-corrected chi connectivity index (χ0v) is 35.9. The number of nitrogens with zero attached hydrogens (tertiary/aromatic N) is 2. The first-order valence-corrected chi connectivity index (χ1v) is 21.0. The number of fused-ring (bicyclic) bond motifs is 4. The van der Waals surface area contributed by atoms with E-state index in [4.69, 9.17) is 0 Å². The first-order chi connectivity index (χ1) is 27.6. The Morgan fingerprint density at radius 1 is 0.379 bits per heavy atom. The Hall–Kier alpha value is -5.80. The van der Waals surface area contributed by atoms with Crippen LogP contribution >= 0.6 is 0 Å². The smallest absolute Gasteiger partial charge is 0.252 e. The highest BCUT2D eigenvalue weighted by molar-refractivity contribution is 7.00. The summed E-state index contributed by atoms with van der Waals surface area (Å²) in [6, 6.07) is 57.7. The Morgan fingerprint density at radius 3 is 1.45 bits per heavy atom. The number of anilines is 6. The molecule has 0 fully saturated rings. The minimum atomic E-state index is -0.0220. The van der Waals surface area contributed by atoms with Gasteiger partial charge in [-0.15, -0.1) is 0 Å². The van der Waals surface area contributed by atoms with Crippen molar-refractivity contribution < 1.29 is 0 Å². The van der Waals surface area contributed by atoms with Gasteiger partial charge in [0.2, 0.25) is 0 Å². The van der Waals surface area contributed by atoms with Crippen LogP contribution in [0, 0.1) is 6.92 Å². The lowest BCUT2D eigenvalue weighted by Gasteiger charge is -2.45. The van der Waals surface area contributed by atoms with E-state index in [0.717, 1.165) is 0 Å². The summed E-state index contributed by atoms with van der Waals surface area (Å²) < 4.78 is 0. The third-order valence-corrected chi connectivity index (χ3v) is 12.4. The molecular weight excluding hydrogens is 699 g/mol. The summed E-state index contributed by atoms with van der Waals surface area (Å²) >= 11 is 0. The summed E-state index contributed by atoms with van der Waals surface area (Å²) in [5.74, 6) is 0. The molecule has 0 bridgehead atoms. The van der Waals surface area contributed by atoms with E-state index in [9.17, 15) is 0 Å². The highest BCUT2D eigenvalue weighted by Crippen LogP contribution is 2.48. The minimum Gasteiger partial charge on any atom is -0.311 e. The summed E-state index contributed by atoms with van der Waals surface area (Å²) in [6.07, 6.45) is 0. The summed E-state index contributed by atoms with van der Waals surface area (Å²) in [6.45, 7) is 23.1. The number of benzene rings is 7. The largest absolute Gasteiger partial charge is 0.311 e. The van der Waals surface area contributed by atoms with Gasteiger partial charge in [0, 0.05) is 34.0 Å². The van der Waals surface area contributed by atoms with Crippen molar-refractivity contribution >= 4 is 57.2 Å². The minimum absolute atomic E-state index is 0.0158. The summed E-state index contributed by atoms with van der Waals surface area (Å²) in [7, 11) is 0. The summed E-state index contributed by atoms with van der Waals surface area (Å²) in [4.78, 5) is 5.14. The molecule has 9 rings (SSSR count). The number of hydrogen-bond donors (Lipinski definition) is 0. The number of hydrogen-bond acceptors (Lipinski definition) is 2. The Morgan fingerprint density at radius 2 is 0.879 bits per heavy atom. The van der Waals surface area contributed by atoms with E-state index in [1.807, 2.05) is 0 Å². The maximum Gasteiger partial charge on any atom is 0.252 e. The second kappa shape index (κ2) is 13.7. The van der Waals surface area contributed by atoms with Gasteiger partial charge in [-0.05, 0) is 115 Å². The number of para-hydroxylation sites is 1. The topological polar surface area (TPSA) is 6.48 Å². The van der Waals surface area contributed by atoms with E-state index in [0.29, 0.717) is 0 Å². The molecule has 2 aliphatic rings. The molecule has 58 heavy (non-hydrogen) atoms. The van der Waals surface area contributed by atoms with E-state index in [2.05, 4.69) is 231 Å². The van der Waals surface area contributed by atoms with Gasteiger partial charge >= 0.3 is 0 Å². The average Bonchev–Trinajstić information content (AvgIpc) is 3.20. The van der Waals surface area contributed by atoms with Crippen molar-refractivity contribution in [1.82, 2.24) is 0 Å². The molecule has 0 spiro atoms. The molecule has 0 atom stereocenters. The Kier molecular flexibility index (Phi) is 8.89. The number of rotatable bonds is 4. The SMILES string of the molecule is Cc1ccc(-c2cc3c4c(c2)N(c2ccccc2-c2ccccc2)c2ccc(C(C)(C)C)cc2B4c2cc(C(C)(C)C)ccc2N3c2ccc(C(C)(C)C)cc2)cc1. The van der Waals surface area contributed by atoms with Gasteiger partial charge in [-0.3, -0.25) is 0 Å². The Bertz CT molecular complexity index is 2670. The fourth-order valence-electron chi connectivity index (χ4n) is 9.03. The van der Waals surface area contributed by atoms with Gasteiger partial charge in [0.25, 0.3) is 6.71 Å². The fraction of sp³-hybridized carbons (Fsp3) is 0.236. The monoisotopic (exact) mass is 754 g/mol. The van der Waals surface area contributed by atoms with Crippen LogP contribution in [0.4, 0.5) is 34.1 Å². The molecule has 0 aromatic heterocycles. The maximum atomic E-state index is 2.58. The fourth-order valence-corrected chi connectivity index (χ4v) is 9.03. The van der Waals surface area contributed by atoms with Crippen molar-refractivity contribution in [1.29, 1.82) is 0 Å². The predicted octanol–water partition coefficient (Wildman–Crippen LogP) is 13.3. The van der Waals surface area contributed by atoms with Gasteiger partial charge in [-0.25, -0.2) is 0 Å². The second-order valence-electron chi connectivity index (χ2n) is 19.6. The zero-order valence-electron chi connectivity index (χ0n) is 35.9. The lowest BCUT2D eigenvalue weighted by molar-refractivity contribution is 0.590. The van der Waals surface area contributed by atoms with Gasteiger partial charge in [0.15, 0.2) is 0 Å². The lowest BCUT2D eigenvalue weighted by Crippen LogP contribution is -2.61. The molecule has 0 N–H and O–H groups in total. The van der Waals surface area contributed by atoms with Crippen molar-refractivity contribution in [2.24, 2.45) is 0 Å². The first-order valence-electron chi connectivity index (χ1n) is 21.0. The molecule has 0 saturated heterocycles. The van der Waals surface area contributed by atoms with Crippen LogP contribution in [0.25, 0.3) is 22.3 Å². The van der Waals surface area contributed by atoms with Crippen molar-refractivity contribution in [3.05, 3.63) is 174 Å². The molecule has 0 radical (unpaired) electrons. The maximum absolute atomic E-state index is 2.58. The average molecular weight is 755 g/mol. The highest BCUT2D eigenvalue weighted by atomic mass is 15.2. The quantitative estimate of drug-likeness (QED) is 0.165. The van der Waals surface area contributed by atoms with Crippen molar-refractivity contribution in [2.75, 3.05) is 9.80 Å². The third-order valence-electron chi connectivity index (χ3n) is 12.4. The lowest BCUT2D eigenvalue weighted by atomic mass is 9.33. The van der Waals surface area contributed by atoms with Crippen molar-refractivity contribution in [2.45, 2.75) is 85.5 Å². The van der Waals surface area contributed by atoms with E-state index in [-0.39, 0.29) is 23.0 Å². The molecular formula is C55H55BN2. The van der Waals surface area contributed by atoms with Crippen LogP contribution in [0.2, 0.25) is 0 Å². The van der Waals surface area contributed by atoms with Crippen LogP contribution in [-0.4, -0.2) is 6.71 Å². The molecule has 288 valence electrons. The van der Waals surface area contributed by atoms with E-state index in [1.165, 1.54) is 95.0 Å². The standard InChI is InChI=1S/C55H55BN2/c1-36-20-22-37(23-21-36)39-32-50-52-51(33-39)58(47-19-15-14-18-44(47)38-16-12-11-13-17-38)49-31-27-42(55(8,9)10)35-46(49)56(52)45-34-41(54(5,6)7)26-30-48(45)57(50)43-28-24-40(25-29-43)53(2,3)4/h11-35H,1-10H3. The molecule has 0 amide bonds. The van der Waals surface area contributed by atoms with Crippen LogP contribution < -0.4 is 26.2 Å². The molecule has 2 heterocycles. The van der Waals surface area contributed by atoms with Gasteiger partial charge in [0.05, 0.1) is 5.69 Å². The van der Waals surface area contributed by atoms with Gasteiger partial charge in [-0.2, -0.15) is 0 Å². The number of aryl methyl sites for hydroxylation is 1. The first kappa shape index (κ1) is 37.8. The summed E-state index contributed by atoms with van der Waals surface area (Å²) in [5.41, 5.74) is 21.4. The molecule has 3 heteroatoms. The van der Waals surface area contributed by atoms with Gasteiger partial charge in [-0.1, -0.05) is 177 Å². The predicted molar refractivity (Wildman–Crippen MR) is 252 cm³/mol. The molecule has 2 aliphatic heterocycles. The van der Waals surface area contributed by atoms with Crippen LogP contribution in [0.15, 0.2) is 152 Å². The van der Waals surface area contributed by atoms with Crippen LogP contribution in [0.5, 0.6) is 0 Å². The van der Waals surface area contributed by atoms with Crippen LogP contribution in [-0.2, 0) is 16.2 Å². The normalized spacial score (nSPS) is 13.6. The van der Waals surface area contributed by atoms with E-state index < -0.39 is 0 Å². The Balaban J connectivity index is 1.43. The third kappa shape index (κ3) is 6.46. The molecule has 0 unspecified atom stereocenters. The van der Waals surface area contributed by atoms with Crippen molar-refractivity contribution in [3.63, 3.8) is 0 Å². The second-order valence-corrected chi connectivity index (χ2v) is 19.6.